The summed E-state index contributed by atoms with van der Waals surface area (Å²) in [5.74, 6) is 0. The number of rotatable bonds is 0. The SMILES string of the molecule is [Ca+2].[Fe].[H-].[H-].[Ti].[V]. The van der Waals surface area contributed by atoms with Crippen LogP contribution in [0.1, 0.15) is 2.85 Å². The van der Waals surface area contributed by atoms with Crippen molar-refractivity contribution in [1.29, 1.82) is 0 Å². The number of hydrogen-bond donors (Lipinski definition) is 0. The molecule has 0 N–H and O–H groups in total. The molecule has 0 spiro atoms. The second kappa shape index (κ2) is 16.5. The smallest absolute Gasteiger partial charge is 1.00 e. The van der Waals surface area contributed by atoms with Crippen LogP contribution in [0.15, 0.2) is 0 Å². The van der Waals surface area contributed by atoms with Crippen LogP contribution in [0.2, 0.25) is 0 Å². The monoisotopic (exact) mass is 197 g/mol. The largest absolute Gasteiger partial charge is 2.00 e. The van der Waals surface area contributed by atoms with E-state index in [1.807, 2.05) is 0 Å². The van der Waals surface area contributed by atoms with Crippen molar-refractivity contribution in [2.45, 2.75) is 0 Å². The fraction of sp³-hybridized carbons (Fsp3) is 0. The maximum Gasteiger partial charge on any atom is 2.00 e. The van der Waals surface area contributed by atoms with Crippen molar-refractivity contribution in [3.8, 4) is 0 Å². The molecule has 21 valence electrons. The Bertz CT molecular complexity index is 13.5. The van der Waals surface area contributed by atoms with Crippen LogP contribution in [-0.2, 0) is 57.3 Å². The van der Waals surface area contributed by atoms with Crippen molar-refractivity contribution in [2.75, 3.05) is 0 Å². The summed E-state index contributed by atoms with van der Waals surface area (Å²) in [6, 6.07) is 0. The molecule has 0 aromatic rings. The molecule has 0 aromatic carbocycles. The van der Waals surface area contributed by atoms with Crippen LogP contribution in [0.25, 0.3) is 0 Å². The van der Waals surface area contributed by atoms with Gasteiger partial charge in [-0.1, -0.05) is 0 Å². The van der Waals surface area contributed by atoms with Gasteiger partial charge in [-0.15, -0.1) is 0 Å². The summed E-state index contributed by atoms with van der Waals surface area (Å²) in [4.78, 5) is 0. The second-order valence-electron chi connectivity index (χ2n) is 0. The zero-order valence-corrected chi connectivity index (χ0v) is 8.28. The van der Waals surface area contributed by atoms with Crippen LogP contribution < -0.4 is 0 Å². The molecule has 0 amide bonds. The fourth-order valence-electron chi connectivity index (χ4n) is 0. The van der Waals surface area contributed by atoms with E-state index < -0.39 is 0 Å². The van der Waals surface area contributed by atoms with Crippen LogP contribution in [-0.4, -0.2) is 37.7 Å². The Balaban J connectivity index is 0. The van der Waals surface area contributed by atoms with E-state index >= 15 is 0 Å². The van der Waals surface area contributed by atoms with E-state index in [0.29, 0.717) is 0 Å². The molecule has 0 aromatic heterocycles. The first kappa shape index (κ1) is 27.6. The van der Waals surface area contributed by atoms with Crippen molar-refractivity contribution < 1.29 is 60.2 Å². The predicted octanol–water partition coefficient (Wildman–Crippen LogP) is -0.163. The third kappa shape index (κ3) is 8.91. The van der Waals surface area contributed by atoms with Gasteiger partial charge >= 0.3 is 37.7 Å². The predicted molar refractivity (Wildman–Crippen MR) is 7.98 cm³/mol. The van der Waals surface area contributed by atoms with Crippen molar-refractivity contribution in [2.24, 2.45) is 0 Å². The summed E-state index contributed by atoms with van der Waals surface area (Å²) in [6.45, 7) is 0. The van der Waals surface area contributed by atoms with Gasteiger partial charge in [-0.2, -0.15) is 0 Å². The standard InChI is InChI=1S/Ca.Fe.Ti.V.2H/q+2;;;;2*-1. The minimum absolute atomic E-state index is 0. The third-order valence-electron chi connectivity index (χ3n) is 0. The fourth-order valence-corrected chi connectivity index (χ4v) is 0. The Labute approximate surface area is 96.1 Å². The van der Waals surface area contributed by atoms with Crippen molar-refractivity contribution >= 4 is 37.7 Å². The Morgan fingerprint density at radius 2 is 1.25 bits per heavy atom. The zero-order valence-electron chi connectivity index (χ0n) is 4.01. The molecule has 0 unspecified atom stereocenters. The number of hydrogen-bond acceptors (Lipinski definition) is 0. The molecule has 0 fully saturated rings. The summed E-state index contributed by atoms with van der Waals surface area (Å²) < 4.78 is 0. The van der Waals surface area contributed by atoms with Gasteiger partial charge in [0.1, 0.15) is 0 Å². The maximum atomic E-state index is 0. The van der Waals surface area contributed by atoms with Gasteiger partial charge in [0.05, 0.1) is 0 Å². The molecule has 0 aliphatic carbocycles. The molecule has 0 rings (SSSR count). The quantitative estimate of drug-likeness (QED) is 0.473. The molecule has 0 saturated heterocycles. The van der Waals surface area contributed by atoms with E-state index in [2.05, 4.69) is 0 Å². The first-order chi connectivity index (χ1) is 0. The molecule has 0 aliphatic heterocycles. The van der Waals surface area contributed by atoms with Crippen molar-refractivity contribution in [3.63, 3.8) is 0 Å². The van der Waals surface area contributed by atoms with E-state index in [1.165, 1.54) is 0 Å². The van der Waals surface area contributed by atoms with Gasteiger partial charge in [-0.25, -0.2) is 0 Å². The van der Waals surface area contributed by atoms with Crippen LogP contribution in [0.4, 0.5) is 0 Å². The van der Waals surface area contributed by atoms with Crippen LogP contribution in [0.3, 0.4) is 0 Å². The van der Waals surface area contributed by atoms with Crippen molar-refractivity contribution in [3.05, 3.63) is 0 Å². The van der Waals surface area contributed by atoms with Gasteiger partial charge in [0, 0.05) is 57.3 Å². The topological polar surface area (TPSA) is 0 Å². The average molecular weight is 197 g/mol. The van der Waals surface area contributed by atoms with Crippen LogP contribution >= 0.6 is 0 Å². The van der Waals surface area contributed by atoms with E-state index in [4.69, 9.17) is 0 Å². The molecule has 0 atom stereocenters. The van der Waals surface area contributed by atoms with E-state index in [9.17, 15) is 0 Å². The van der Waals surface area contributed by atoms with Crippen molar-refractivity contribution in [1.82, 2.24) is 0 Å². The summed E-state index contributed by atoms with van der Waals surface area (Å²) in [5, 5.41) is 0. The molecule has 1 radical (unpaired) electrons. The second-order valence-corrected chi connectivity index (χ2v) is 0. The Kier molecular flexibility index (Phi) is 114. The molecule has 0 bridgehead atoms. The molecule has 0 heterocycles. The molecule has 4 heteroatoms. The van der Waals surface area contributed by atoms with E-state index in [-0.39, 0.29) is 97.9 Å². The van der Waals surface area contributed by atoms with Gasteiger partial charge in [0.25, 0.3) is 0 Å². The van der Waals surface area contributed by atoms with E-state index in [1.54, 1.807) is 0 Å². The summed E-state index contributed by atoms with van der Waals surface area (Å²) in [7, 11) is 0. The minimum Gasteiger partial charge on any atom is -1.00 e. The summed E-state index contributed by atoms with van der Waals surface area (Å²) in [6.07, 6.45) is 0. The Hall–Kier alpha value is 3.08. The third-order valence-corrected chi connectivity index (χ3v) is 0. The average Bonchev–Trinajstić information content (AvgIpc) is 0. The molecule has 0 aliphatic rings. The summed E-state index contributed by atoms with van der Waals surface area (Å²) >= 11 is 0. The molecular formula is H2CaFeTiV. The normalized spacial score (nSPS) is 0. The van der Waals surface area contributed by atoms with Crippen LogP contribution in [0.5, 0.6) is 0 Å². The van der Waals surface area contributed by atoms with Gasteiger partial charge < -0.3 is 2.85 Å². The van der Waals surface area contributed by atoms with E-state index in [0.717, 1.165) is 0 Å². The zero-order chi connectivity index (χ0) is 0. The molecule has 4 heavy (non-hydrogen) atoms. The summed E-state index contributed by atoms with van der Waals surface area (Å²) in [5.41, 5.74) is 0. The Morgan fingerprint density at radius 3 is 1.25 bits per heavy atom. The van der Waals surface area contributed by atoms with Gasteiger partial charge in [0.15, 0.2) is 0 Å². The van der Waals surface area contributed by atoms with Gasteiger partial charge in [-0.3, -0.25) is 0 Å². The first-order valence-corrected chi connectivity index (χ1v) is 0. The Morgan fingerprint density at radius 1 is 1.25 bits per heavy atom. The van der Waals surface area contributed by atoms with Gasteiger partial charge in [0.2, 0.25) is 0 Å². The maximum absolute atomic E-state index is 0. The molecular weight excluding hydrogens is 195 g/mol. The van der Waals surface area contributed by atoms with Gasteiger partial charge in [-0.05, 0) is 0 Å². The first-order valence-electron chi connectivity index (χ1n) is 0. The minimum atomic E-state index is 0. The van der Waals surface area contributed by atoms with Crippen LogP contribution in [0, 0.1) is 0 Å². The molecule has 0 nitrogen and oxygen atoms in total. The molecule has 0 saturated carbocycles.